The average molecular weight is 326 g/mol. The molecule has 0 saturated carbocycles. The third-order valence-electron chi connectivity index (χ3n) is 2.84. The van der Waals surface area contributed by atoms with Gasteiger partial charge in [0.25, 0.3) is 0 Å². The van der Waals surface area contributed by atoms with Crippen LogP contribution in [0, 0.1) is 0 Å². The second-order valence-electron chi connectivity index (χ2n) is 4.30. The van der Waals surface area contributed by atoms with Gasteiger partial charge in [0.15, 0.2) is 0 Å². The molecule has 0 atom stereocenters. The van der Waals surface area contributed by atoms with E-state index in [4.69, 9.17) is 0 Å². The first kappa shape index (κ1) is 14.3. The minimum atomic E-state index is -4.31. The third-order valence-corrected chi connectivity index (χ3v) is 4.94. The van der Waals surface area contributed by atoms with Gasteiger partial charge in [-0.15, -0.1) is 23.1 Å². The summed E-state index contributed by atoms with van der Waals surface area (Å²) in [6, 6.07) is 7.28. The van der Waals surface area contributed by atoms with Crippen LogP contribution in [0.2, 0.25) is 0 Å². The van der Waals surface area contributed by atoms with Crippen molar-refractivity contribution in [2.45, 2.75) is 17.0 Å². The number of thiophene rings is 1. The zero-order valence-corrected chi connectivity index (χ0v) is 12.2. The van der Waals surface area contributed by atoms with E-state index in [2.05, 4.69) is 9.97 Å². The fraction of sp³-hybridized carbons (Fsp3) is 0.143. The highest BCUT2D eigenvalue weighted by Crippen LogP contribution is 2.33. The van der Waals surface area contributed by atoms with Crippen LogP contribution < -0.4 is 0 Å². The van der Waals surface area contributed by atoms with Crippen LogP contribution in [0.4, 0.5) is 13.2 Å². The fourth-order valence-corrected chi connectivity index (χ4v) is 3.75. The second kappa shape index (κ2) is 5.65. The van der Waals surface area contributed by atoms with Crippen molar-refractivity contribution in [3.8, 4) is 0 Å². The summed E-state index contributed by atoms with van der Waals surface area (Å²) < 4.78 is 39.0. The largest absolute Gasteiger partial charge is 0.416 e. The van der Waals surface area contributed by atoms with Crippen molar-refractivity contribution in [3.05, 3.63) is 53.2 Å². The first-order chi connectivity index (χ1) is 10.0. The maximum absolute atomic E-state index is 12.7. The van der Waals surface area contributed by atoms with Crippen molar-refractivity contribution in [1.82, 2.24) is 9.97 Å². The summed E-state index contributed by atoms with van der Waals surface area (Å²) in [5, 5.41) is 2.72. The summed E-state index contributed by atoms with van der Waals surface area (Å²) in [7, 11) is 0. The molecule has 2 nitrogen and oxygen atoms in total. The van der Waals surface area contributed by atoms with Gasteiger partial charge in [-0.25, -0.2) is 9.97 Å². The number of nitrogens with zero attached hydrogens (tertiary/aromatic N) is 2. The molecule has 0 aliphatic carbocycles. The standard InChI is InChI=1S/C14H9F3N2S2/c15-14(16,17)10-3-1-2-9(6-10)7-21-13-12-11(4-5-20-12)18-8-19-13/h1-6,8H,7H2. The summed E-state index contributed by atoms with van der Waals surface area (Å²) in [4.78, 5) is 8.35. The molecule has 3 rings (SSSR count). The van der Waals surface area contributed by atoms with Gasteiger partial charge in [-0.2, -0.15) is 13.2 Å². The molecule has 0 aliphatic heterocycles. The van der Waals surface area contributed by atoms with Crippen molar-refractivity contribution >= 4 is 33.3 Å². The normalized spacial score (nSPS) is 12.0. The van der Waals surface area contributed by atoms with E-state index in [1.165, 1.54) is 41.6 Å². The van der Waals surface area contributed by atoms with Gasteiger partial charge >= 0.3 is 6.18 Å². The third kappa shape index (κ3) is 3.19. The highest BCUT2D eigenvalue weighted by Gasteiger charge is 2.30. The Morgan fingerprint density at radius 2 is 2.00 bits per heavy atom. The summed E-state index contributed by atoms with van der Waals surface area (Å²) in [6.07, 6.45) is -2.83. The molecule has 0 radical (unpaired) electrons. The van der Waals surface area contributed by atoms with Crippen LogP contribution in [0.15, 0.2) is 47.1 Å². The molecule has 3 aromatic rings. The van der Waals surface area contributed by atoms with Gasteiger partial charge in [-0.05, 0) is 23.1 Å². The van der Waals surface area contributed by atoms with E-state index in [-0.39, 0.29) is 0 Å². The molecule has 0 aliphatic rings. The van der Waals surface area contributed by atoms with Gasteiger partial charge in [0, 0.05) is 5.75 Å². The molecule has 7 heteroatoms. The van der Waals surface area contributed by atoms with Crippen LogP contribution in [0.3, 0.4) is 0 Å². The van der Waals surface area contributed by atoms with Crippen molar-refractivity contribution < 1.29 is 13.2 Å². The Morgan fingerprint density at radius 1 is 1.14 bits per heavy atom. The van der Waals surface area contributed by atoms with Gasteiger partial charge in [0.05, 0.1) is 15.8 Å². The monoisotopic (exact) mass is 326 g/mol. The summed E-state index contributed by atoms with van der Waals surface area (Å²) >= 11 is 2.95. The minimum Gasteiger partial charge on any atom is -0.235 e. The smallest absolute Gasteiger partial charge is 0.235 e. The van der Waals surface area contributed by atoms with Crippen LogP contribution in [0.1, 0.15) is 11.1 Å². The predicted molar refractivity (Wildman–Crippen MR) is 78.4 cm³/mol. The Balaban J connectivity index is 1.80. The van der Waals surface area contributed by atoms with Crippen molar-refractivity contribution in [2.24, 2.45) is 0 Å². The van der Waals surface area contributed by atoms with E-state index >= 15 is 0 Å². The van der Waals surface area contributed by atoms with Gasteiger partial charge in [0.1, 0.15) is 11.4 Å². The van der Waals surface area contributed by atoms with E-state index < -0.39 is 11.7 Å². The lowest BCUT2D eigenvalue weighted by Crippen LogP contribution is -2.04. The van der Waals surface area contributed by atoms with Crippen molar-refractivity contribution in [1.29, 1.82) is 0 Å². The Hall–Kier alpha value is -1.60. The van der Waals surface area contributed by atoms with E-state index in [0.717, 1.165) is 21.3 Å². The number of benzene rings is 1. The lowest BCUT2D eigenvalue weighted by Gasteiger charge is -2.08. The zero-order valence-electron chi connectivity index (χ0n) is 10.6. The highest BCUT2D eigenvalue weighted by atomic mass is 32.2. The number of aromatic nitrogens is 2. The number of alkyl halides is 3. The fourth-order valence-electron chi connectivity index (χ4n) is 1.86. The molecule has 21 heavy (non-hydrogen) atoms. The molecular weight excluding hydrogens is 317 g/mol. The minimum absolute atomic E-state index is 0.438. The van der Waals surface area contributed by atoms with Crippen LogP contribution in [-0.4, -0.2) is 9.97 Å². The zero-order chi connectivity index (χ0) is 14.9. The Morgan fingerprint density at radius 3 is 2.81 bits per heavy atom. The summed E-state index contributed by atoms with van der Waals surface area (Å²) in [5.74, 6) is 0.438. The molecular formula is C14H9F3N2S2. The number of halogens is 3. The number of fused-ring (bicyclic) bond motifs is 1. The summed E-state index contributed by atoms with van der Waals surface area (Å²) in [5.41, 5.74) is 0.865. The maximum atomic E-state index is 12.7. The van der Waals surface area contributed by atoms with E-state index in [1.807, 2.05) is 11.4 Å². The lowest BCUT2D eigenvalue weighted by molar-refractivity contribution is -0.137. The Kier molecular flexibility index (Phi) is 3.86. The lowest BCUT2D eigenvalue weighted by atomic mass is 10.1. The molecule has 0 unspecified atom stereocenters. The second-order valence-corrected chi connectivity index (χ2v) is 6.18. The number of hydrogen-bond acceptors (Lipinski definition) is 4. The van der Waals surface area contributed by atoms with Crippen LogP contribution in [-0.2, 0) is 11.9 Å². The molecule has 2 aromatic heterocycles. The number of thioether (sulfide) groups is 1. The average Bonchev–Trinajstić information content (AvgIpc) is 2.93. The predicted octanol–water partition coefficient (Wildman–Crippen LogP) is 5.00. The Labute approximate surface area is 127 Å². The first-order valence-corrected chi connectivity index (χ1v) is 7.88. The highest BCUT2D eigenvalue weighted by molar-refractivity contribution is 7.98. The van der Waals surface area contributed by atoms with Crippen molar-refractivity contribution in [3.63, 3.8) is 0 Å². The van der Waals surface area contributed by atoms with E-state index in [0.29, 0.717) is 11.3 Å². The van der Waals surface area contributed by atoms with Gasteiger partial charge in [0.2, 0.25) is 0 Å². The van der Waals surface area contributed by atoms with E-state index in [1.54, 1.807) is 6.07 Å². The van der Waals surface area contributed by atoms with Crippen molar-refractivity contribution in [2.75, 3.05) is 0 Å². The molecule has 0 amide bonds. The van der Waals surface area contributed by atoms with Crippen LogP contribution in [0.25, 0.3) is 10.2 Å². The molecule has 0 N–H and O–H groups in total. The SMILES string of the molecule is FC(F)(F)c1cccc(CSc2ncnc3ccsc23)c1. The number of rotatable bonds is 3. The van der Waals surface area contributed by atoms with E-state index in [9.17, 15) is 13.2 Å². The summed E-state index contributed by atoms with van der Waals surface area (Å²) in [6.45, 7) is 0. The molecule has 0 spiro atoms. The topological polar surface area (TPSA) is 25.8 Å². The molecule has 108 valence electrons. The molecule has 1 aromatic carbocycles. The quantitative estimate of drug-likeness (QED) is 0.500. The Bertz CT molecular complexity index is 768. The van der Waals surface area contributed by atoms with Gasteiger partial charge < -0.3 is 0 Å². The number of hydrogen-bond donors (Lipinski definition) is 0. The van der Waals surface area contributed by atoms with Gasteiger partial charge in [-0.3, -0.25) is 0 Å². The molecule has 0 fully saturated rings. The maximum Gasteiger partial charge on any atom is 0.416 e. The van der Waals surface area contributed by atoms with Crippen LogP contribution >= 0.6 is 23.1 Å². The molecule has 2 heterocycles. The molecule has 0 bridgehead atoms. The van der Waals surface area contributed by atoms with Gasteiger partial charge in [-0.1, -0.05) is 18.2 Å². The van der Waals surface area contributed by atoms with Crippen LogP contribution in [0.5, 0.6) is 0 Å². The first-order valence-electron chi connectivity index (χ1n) is 6.01. The molecule has 0 saturated heterocycles.